The summed E-state index contributed by atoms with van der Waals surface area (Å²) in [6.07, 6.45) is 2.32. The molecule has 1 N–H and O–H groups in total. The maximum atomic E-state index is 6.11. The first-order valence-corrected chi connectivity index (χ1v) is 8.27. The summed E-state index contributed by atoms with van der Waals surface area (Å²) in [5.74, 6) is 2.25. The quantitative estimate of drug-likeness (QED) is 0.752. The lowest BCUT2D eigenvalue weighted by Crippen LogP contribution is -2.19. The molecule has 0 bridgehead atoms. The van der Waals surface area contributed by atoms with Gasteiger partial charge in [0, 0.05) is 10.9 Å². The second-order valence-electron chi connectivity index (χ2n) is 6.70. The molecule has 1 heterocycles. The molecule has 1 aromatic heterocycles. The van der Waals surface area contributed by atoms with Crippen LogP contribution in [0.1, 0.15) is 63.8 Å². The van der Waals surface area contributed by atoms with Crippen LogP contribution in [0.4, 0.5) is 0 Å². The number of nitrogens with one attached hydrogen (secondary N) is 1. The van der Waals surface area contributed by atoms with Crippen LogP contribution >= 0.6 is 0 Å². The summed E-state index contributed by atoms with van der Waals surface area (Å²) in [6, 6.07) is 6.66. The van der Waals surface area contributed by atoms with Crippen molar-refractivity contribution >= 4 is 11.0 Å². The Bertz CT molecular complexity index is 581. The maximum absolute atomic E-state index is 6.11. The van der Waals surface area contributed by atoms with Gasteiger partial charge in [0.25, 0.3) is 0 Å². The zero-order chi connectivity index (χ0) is 15.4. The zero-order valence-corrected chi connectivity index (χ0v) is 14.1. The van der Waals surface area contributed by atoms with Crippen LogP contribution in [0.2, 0.25) is 0 Å². The first-order valence-electron chi connectivity index (χ1n) is 8.27. The van der Waals surface area contributed by atoms with E-state index in [2.05, 4.69) is 58.1 Å². The molecule has 0 unspecified atom stereocenters. The van der Waals surface area contributed by atoms with E-state index in [1.165, 1.54) is 22.9 Å². The first kappa shape index (κ1) is 16.1. The summed E-state index contributed by atoms with van der Waals surface area (Å²) in [7, 11) is 0. The van der Waals surface area contributed by atoms with Crippen molar-refractivity contribution in [3.05, 3.63) is 35.1 Å². The second kappa shape index (κ2) is 7.13. The molecule has 2 aromatic rings. The topological polar surface area (TPSA) is 25.2 Å². The van der Waals surface area contributed by atoms with Gasteiger partial charge in [-0.1, -0.05) is 47.1 Å². The summed E-state index contributed by atoms with van der Waals surface area (Å²) in [5.41, 5.74) is 3.81. The van der Waals surface area contributed by atoms with Gasteiger partial charge in [-0.05, 0) is 42.5 Å². The molecule has 0 saturated carbocycles. The van der Waals surface area contributed by atoms with Gasteiger partial charge in [0.15, 0.2) is 0 Å². The number of rotatable bonds is 7. The number of aryl methyl sites for hydroxylation is 1. The number of benzene rings is 1. The molecule has 0 saturated heterocycles. The largest absolute Gasteiger partial charge is 0.459 e. The van der Waals surface area contributed by atoms with Crippen molar-refractivity contribution < 1.29 is 4.42 Å². The molecule has 2 heteroatoms. The fourth-order valence-electron chi connectivity index (χ4n) is 2.90. The van der Waals surface area contributed by atoms with E-state index in [1.807, 2.05) is 0 Å². The van der Waals surface area contributed by atoms with E-state index in [4.69, 9.17) is 4.42 Å². The fourth-order valence-corrected chi connectivity index (χ4v) is 2.90. The minimum Gasteiger partial charge on any atom is -0.459 e. The number of fused-ring (bicyclic) bond motifs is 1. The van der Waals surface area contributed by atoms with Crippen molar-refractivity contribution in [3.8, 4) is 0 Å². The van der Waals surface area contributed by atoms with Gasteiger partial charge in [-0.3, -0.25) is 0 Å². The Morgan fingerprint density at radius 2 is 1.90 bits per heavy atom. The van der Waals surface area contributed by atoms with Crippen LogP contribution < -0.4 is 5.32 Å². The van der Waals surface area contributed by atoms with Gasteiger partial charge >= 0.3 is 0 Å². The van der Waals surface area contributed by atoms with E-state index in [1.54, 1.807) is 0 Å². The highest BCUT2D eigenvalue weighted by molar-refractivity contribution is 5.83. The summed E-state index contributed by atoms with van der Waals surface area (Å²) in [5, 5.41) is 4.81. The lowest BCUT2D eigenvalue weighted by atomic mass is 9.97. The Labute approximate surface area is 128 Å². The van der Waals surface area contributed by atoms with Gasteiger partial charge in [-0.15, -0.1) is 0 Å². The van der Waals surface area contributed by atoms with Crippen LogP contribution in [0, 0.1) is 5.92 Å². The monoisotopic (exact) mass is 287 g/mol. The van der Waals surface area contributed by atoms with Crippen LogP contribution in [0.3, 0.4) is 0 Å². The Hall–Kier alpha value is -1.28. The summed E-state index contributed by atoms with van der Waals surface area (Å²) < 4.78 is 6.11. The Morgan fingerprint density at radius 1 is 1.14 bits per heavy atom. The molecule has 0 fully saturated rings. The van der Waals surface area contributed by atoms with Gasteiger partial charge in [0.2, 0.25) is 0 Å². The molecule has 21 heavy (non-hydrogen) atoms. The summed E-state index contributed by atoms with van der Waals surface area (Å²) >= 11 is 0. The van der Waals surface area contributed by atoms with E-state index < -0.39 is 0 Å². The van der Waals surface area contributed by atoms with E-state index in [0.29, 0.717) is 11.8 Å². The van der Waals surface area contributed by atoms with E-state index in [9.17, 15) is 0 Å². The molecule has 0 aliphatic carbocycles. The molecule has 2 rings (SSSR count). The predicted octanol–water partition coefficient (Wildman–Crippen LogP) is 5.25. The minimum absolute atomic E-state index is 0.485. The van der Waals surface area contributed by atoms with Gasteiger partial charge in [-0.25, -0.2) is 0 Å². The molecule has 0 spiro atoms. The summed E-state index contributed by atoms with van der Waals surface area (Å²) in [4.78, 5) is 0. The number of hydrogen-bond donors (Lipinski definition) is 1. The molecule has 0 amide bonds. The average molecular weight is 287 g/mol. The van der Waals surface area contributed by atoms with E-state index >= 15 is 0 Å². The number of hydrogen-bond acceptors (Lipinski definition) is 2. The van der Waals surface area contributed by atoms with Crippen molar-refractivity contribution in [2.45, 2.75) is 59.9 Å². The number of furan rings is 1. The standard InChI is InChI=1S/C19H29NO/c1-6-7-15-8-9-17-16(10-15)19(14(4)5)18(21-17)12-20-11-13(2)3/h8-10,13-14,20H,6-7,11-12H2,1-5H3. The Kier molecular flexibility index (Phi) is 5.46. The normalized spacial score (nSPS) is 12.0. The highest BCUT2D eigenvalue weighted by atomic mass is 16.3. The molecule has 0 aliphatic heterocycles. The van der Waals surface area contributed by atoms with Gasteiger partial charge in [0.05, 0.1) is 6.54 Å². The SMILES string of the molecule is CCCc1ccc2oc(CNCC(C)C)c(C(C)C)c2c1. The van der Waals surface area contributed by atoms with Crippen molar-refractivity contribution in [1.82, 2.24) is 5.32 Å². The molecule has 116 valence electrons. The van der Waals surface area contributed by atoms with Gasteiger partial charge in [-0.2, -0.15) is 0 Å². The third kappa shape index (κ3) is 3.88. The second-order valence-corrected chi connectivity index (χ2v) is 6.70. The average Bonchev–Trinajstić information content (AvgIpc) is 2.76. The molecular weight excluding hydrogens is 258 g/mol. The van der Waals surface area contributed by atoms with E-state index in [0.717, 1.165) is 30.9 Å². The van der Waals surface area contributed by atoms with Crippen LogP contribution in [-0.2, 0) is 13.0 Å². The highest BCUT2D eigenvalue weighted by Gasteiger charge is 2.17. The van der Waals surface area contributed by atoms with Crippen molar-refractivity contribution in [2.75, 3.05) is 6.54 Å². The molecule has 0 aliphatic rings. The van der Waals surface area contributed by atoms with Crippen LogP contribution in [0.5, 0.6) is 0 Å². The molecule has 0 radical (unpaired) electrons. The zero-order valence-electron chi connectivity index (χ0n) is 14.1. The molecule has 2 nitrogen and oxygen atoms in total. The maximum Gasteiger partial charge on any atom is 0.134 e. The Morgan fingerprint density at radius 3 is 2.52 bits per heavy atom. The summed E-state index contributed by atoms with van der Waals surface area (Å²) in [6.45, 7) is 13.0. The van der Waals surface area contributed by atoms with Crippen molar-refractivity contribution in [1.29, 1.82) is 0 Å². The van der Waals surface area contributed by atoms with Crippen LogP contribution in [0.25, 0.3) is 11.0 Å². The fraction of sp³-hybridized carbons (Fsp3) is 0.579. The smallest absolute Gasteiger partial charge is 0.134 e. The van der Waals surface area contributed by atoms with Crippen molar-refractivity contribution in [2.24, 2.45) is 5.92 Å². The third-order valence-electron chi connectivity index (χ3n) is 3.82. The lowest BCUT2D eigenvalue weighted by molar-refractivity contribution is 0.478. The first-order chi connectivity index (χ1) is 10.0. The van der Waals surface area contributed by atoms with Crippen LogP contribution in [-0.4, -0.2) is 6.54 Å². The highest BCUT2D eigenvalue weighted by Crippen LogP contribution is 2.32. The third-order valence-corrected chi connectivity index (χ3v) is 3.82. The lowest BCUT2D eigenvalue weighted by Gasteiger charge is -2.09. The predicted molar refractivity (Wildman–Crippen MR) is 90.8 cm³/mol. The Balaban J connectivity index is 2.33. The van der Waals surface area contributed by atoms with E-state index in [-0.39, 0.29) is 0 Å². The molecule has 0 atom stereocenters. The van der Waals surface area contributed by atoms with Gasteiger partial charge < -0.3 is 9.73 Å². The van der Waals surface area contributed by atoms with Crippen molar-refractivity contribution in [3.63, 3.8) is 0 Å². The molecule has 1 aromatic carbocycles. The molecular formula is C19H29NO. The minimum atomic E-state index is 0.485. The van der Waals surface area contributed by atoms with Crippen LogP contribution in [0.15, 0.2) is 22.6 Å². The van der Waals surface area contributed by atoms with Gasteiger partial charge in [0.1, 0.15) is 11.3 Å².